The molecule has 0 unspecified atom stereocenters. The van der Waals surface area contributed by atoms with E-state index in [0.717, 1.165) is 16.7 Å². The molecule has 3 aromatic carbocycles. The van der Waals surface area contributed by atoms with Gasteiger partial charge in [-0.05, 0) is 43.7 Å². The number of hydrogen-bond donors (Lipinski definition) is 1. The Hall–Kier alpha value is -2.10. The third-order valence-corrected chi connectivity index (χ3v) is 4.13. The van der Waals surface area contributed by atoms with Crippen molar-refractivity contribution in [1.82, 2.24) is 5.32 Å². The Morgan fingerprint density at radius 3 is 2.35 bits per heavy atom. The zero-order chi connectivity index (χ0) is 17.9. The quantitative estimate of drug-likeness (QED) is 0.604. The lowest BCUT2D eigenvalue weighted by molar-refractivity contribution is 0.295. The summed E-state index contributed by atoms with van der Waals surface area (Å²) in [7, 11) is 0. The van der Waals surface area contributed by atoms with Gasteiger partial charge in [-0.3, -0.25) is 0 Å². The van der Waals surface area contributed by atoms with Crippen LogP contribution in [0.2, 0.25) is 0 Å². The summed E-state index contributed by atoms with van der Waals surface area (Å²) in [5.74, 6) is 0.552. The summed E-state index contributed by atoms with van der Waals surface area (Å²) in [6.07, 6.45) is 0. The Morgan fingerprint density at radius 2 is 1.62 bits per heavy atom. The molecule has 3 aromatic rings. The largest absolute Gasteiger partial charge is 0.488 e. The van der Waals surface area contributed by atoms with Crippen LogP contribution < -0.4 is 10.1 Å². The number of benzene rings is 3. The van der Waals surface area contributed by atoms with Gasteiger partial charge in [0.05, 0.1) is 0 Å². The molecule has 0 aliphatic heterocycles. The zero-order valence-electron chi connectivity index (χ0n) is 15.4. The minimum Gasteiger partial charge on any atom is -0.488 e. The van der Waals surface area contributed by atoms with Crippen LogP contribution in [0.3, 0.4) is 0 Å². The van der Waals surface area contributed by atoms with Crippen molar-refractivity contribution in [3.8, 4) is 5.75 Å². The molecule has 0 radical (unpaired) electrons. The topological polar surface area (TPSA) is 21.3 Å². The smallest absolute Gasteiger partial charge is 0.129 e. The fraction of sp³-hybridized carbons (Fsp3) is 0.273. The average molecular weight is 374 g/mol. The normalized spacial score (nSPS) is 11.2. The predicted octanol–water partition coefficient (Wildman–Crippen LogP) is 5.87. The lowest BCUT2D eigenvalue weighted by Gasteiger charge is -2.23. The highest BCUT2D eigenvalue weighted by Gasteiger charge is 2.14. The van der Waals surface area contributed by atoms with Crippen molar-refractivity contribution >= 4 is 23.2 Å². The molecule has 0 heterocycles. The molecule has 0 atom stereocenters. The molecule has 4 heteroatoms. The molecular weight excluding hydrogens is 349 g/mol. The van der Waals surface area contributed by atoms with E-state index < -0.39 is 0 Å². The van der Waals surface area contributed by atoms with Crippen molar-refractivity contribution < 1.29 is 9.13 Å². The predicted molar refractivity (Wildman–Crippen MR) is 109 cm³/mol. The monoisotopic (exact) mass is 373 g/mol. The molecule has 0 fully saturated rings. The van der Waals surface area contributed by atoms with Crippen LogP contribution in [0, 0.1) is 5.82 Å². The number of hydrogen-bond acceptors (Lipinski definition) is 2. The highest BCUT2D eigenvalue weighted by Crippen LogP contribution is 2.29. The fourth-order valence-corrected chi connectivity index (χ4v) is 2.76. The Kier molecular flexibility index (Phi) is 6.63. The van der Waals surface area contributed by atoms with Crippen molar-refractivity contribution in [2.24, 2.45) is 0 Å². The molecule has 26 heavy (non-hydrogen) atoms. The van der Waals surface area contributed by atoms with Gasteiger partial charge < -0.3 is 10.1 Å². The van der Waals surface area contributed by atoms with Gasteiger partial charge in [-0.2, -0.15) is 0 Å². The number of rotatable bonds is 5. The Bertz CT molecular complexity index is 873. The maximum absolute atomic E-state index is 13.9. The number of halogens is 2. The Balaban J connectivity index is 0.00000243. The van der Waals surface area contributed by atoms with E-state index in [1.807, 2.05) is 30.3 Å². The van der Waals surface area contributed by atoms with E-state index in [0.29, 0.717) is 12.1 Å². The summed E-state index contributed by atoms with van der Waals surface area (Å²) in [4.78, 5) is 0. The lowest BCUT2D eigenvalue weighted by atomic mass is 10.0. The number of ether oxygens (including phenoxy) is 1. The van der Waals surface area contributed by atoms with Gasteiger partial charge in [0.1, 0.15) is 18.2 Å². The molecule has 0 saturated carbocycles. The SMILES string of the molecule is CC(C)(C)NCc1c(OCc2ccccc2F)ccc2ccccc12.Cl. The van der Waals surface area contributed by atoms with Crippen LogP contribution in [0.25, 0.3) is 10.8 Å². The standard InChI is InChI=1S/C22H24FNO.ClH/c1-22(2,3)24-14-19-18-10-6-4-8-16(18)12-13-21(19)25-15-17-9-5-7-11-20(17)23;/h4-13,24H,14-15H2,1-3H3;1H. The van der Waals surface area contributed by atoms with Crippen LogP contribution in [-0.4, -0.2) is 5.54 Å². The van der Waals surface area contributed by atoms with Crippen molar-refractivity contribution in [2.45, 2.75) is 39.5 Å². The molecule has 0 spiro atoms. The molecule has 1 N–H and O–H groups in total. The highest BCUT2D eigenvalue weighted by molar-refractivity contribution is 5.87. The van der Waals surface area contributed by atoms with Crippen LogP contribution in [0.4, 0.5) is 4.39 Å². The van der Waals surface area contributed by atoms with Gasteiger partial charge in [0.15, 0.2) is 0 Å². The molecular formula is C22H25ClFNO. The first-order valence-corrected chi connectivity index (χ1v) is 8.56. The summed E-state index contributed by atoms with van der Waals surface area (Å²) in [5.41, 5.74) is 1.66. The van der Waals surface area contributed by atoms with Crippen molar-refractivity contribution in [3.63, 3.8) is 0 Å². The second-order valence-electron chi connectivity index (χ2n) is 7.25. The third kappa shape index (κ3) is 4.96. The first-order chi connectivity index (χ1) is 11.9. The fourth-order valence-electron chi connectivity index (χ4n) is 2.76. The summed E-state index contributed by atoms with van der Waals surface area (Å²) >= 11 is 0. The van der Waals surface area contributed by atoms with Crippen molar-refractivity contribution in [2.75, 3.05) is 0 Å². The maximum atomic E-state index is 13.9. The van der Waals surface area contributed by atoms with E-state index in [1.54, 1.807) is 12.1 Å². The molecule has 0 aliphatic rings. The first kappa shape index (κ1) is 20.2. The van der Waals surface area contributed by atoms with Crippen LogP contribution in [0.1, 0.15) is 31.9 Å². The van der Waals surface area contributed by atoms with Gasteiger partial charge in [0, 0.05) is 23.2 Å². The van der Waals surface area contributed by atoms with Crippen molar-refractivity contribution in [1.29, 1.82) is 0 Å². The van der Waals surface area contributed by atoms with E-state index in [-0.39, 0.29) is 30.4 Å². The van der Waals surface area contributed by atoms with Gasteiger partial charge in [-0.1, -0.05) is 48.5 Å². The van der Waals surface area contributed by atoms with E-state index in [9.17, 15) is 4.39 Å². The Labute approximate surface area is 160 Å². The average Bonchev–Trinajstić information content (AvgIpc) is 2.58. The second-order valence-corrected chi connectivity index (χ2v) is 7.25. The molecule has 0 saturated heterocycles. The minimum absolute atomic E-state index is 0. The summed E-state index contributed by atoms with van der Waals surface area (Å²) in [6.45, 7) is 7.32. The molecule has 0 amide bonds. The second kappa shape index (κ2) is 8.52. The minimum atomic E-state index is -0.238. The van der Waals surface area contributed by atoms with Crippen molar-refractivity contribution in [3.05, 3.63) is 77.6 Å². The molecule has 0 aromatic heterocycles. The maximum Gasteiger partial charge on any atom is 0.129 e. The van der Waals surface area contributed by atoms with E-state index >= 15 is 0 Å². The van der Waals surface area contributed by atoms with Crippen LogP contribution in [0.5, 0.6) is 5.75 Å². The van der Waals surface area contributed by atoms with Crippen LogP contribution in [0.15, 0.2) is 60.7 Å². The molecule has 0 aliphatic carbocycles. The zero-order valence-corrected chi connectivity index (χ0v) is 16.2. The van der Waals surface area contributed by atoms with Crippen LogP contribution >= 0.6 is 12.4 Å². The van der Waals surface area contributed by atoms with Gasteiger partial charge >= 0.3 is 0 Å². The Morgan fingerprint density at radius 1 is 0.923 bits per heavy atom. The van der Waals surface area contributed by atoms with E-state index in [4.69, 9.17) is 4.74 Å². The molecule has 2 nitrogen and oxygen atoms in total. The molecule has 0 bridgehead atoms. The highest BCUT2D eigenvalue weighted by atomic mass is 35.5. The first-order valence-electron chi connectivity index (χ1n) is 8.56. The molecule has 138 valence electrons. The van der Waals surface area contributed by atoms with Gasteiger partial charge in [-0.25, -0.2) is 4.39 Å². The van der Waals surface area contributed by atoms with Gasteiger partial charge in [0.25, 0.3) is 0 Å². The third-order valence-electron chi connectivity index (χ3n) is 4.13. The van der Waals surface area contributed by atoms with Crippen LogP contribution in [-0.2, 0) is 13.2 Å². The number of nitrogens with one attached hydrogen (secondary N) is 1. The summed E-state index contributed by atoms with van der Waals surface area (Å²) in [5, 5.41) is 5.86. The summed E-state index contributed by atoms with van der Waals surface area (Å²) in [6, 6.07) is 19.0. The molecule has 3 rings (SSSR count). The van der Waals surface area contributed by atoms with E-state index in [2.05, 4.69) is 38.2 Å². The summed E-state index contributed by atoms with van der Waals surface area (Å²) < 4.78 is 19.9. The van der Waals surface area contributed by atoms with Gasteiger partial charge in [0.2, 0.25) is 0 Å². The lowest BCUT2D eigenvalue weighted by Crippen LogP contribution is -2.35. The van der Waals surface area contributed by atoms with E-state index in [1.165, 1.54) is 11.5 Å². The van der Waals surface area contributed by atoms with Gasteiger partial charge in [-0.15, -0.1) is 12.4 Å². The number of fused-ring (bicyclic) bond motifs is 1.